The number of nitrogens with one attached hydrogen (secondary N) is 2. The number of hydrogen-bond acceptors (Lipinski definition) is 6. The van der Waals surface area contributed by atoms with Crippen LogP contribution in [0, 0.1) is 11.8 Å². The molecule has 8 heteroatoms. The smallest absolute Gasteiger partial charge is 0.258 e. The fraction of sp³-hybridized carbons (Fsp3) is 0.680. The molecular formula is C25H36N4O4. The highest BCUT2D eigenvalue weighted by Gasteiger charge is 2.50. The second kappa shape index (κ2) is 10.1. The zero-order chi connectivity index (χ0) is 22.8. The van der Waals surface area contributed by atoms with Gasteiger partial charge in [0.05, 0.1) is 25.3 Å². The molecule has 3 aliphatic heterocycles. The molecule has 3 N–H and O–H groups in total. The van der Waals surface area contributed by atoms with Crippen LogP contribution in [0.1, 0.15) is 49.4 Å². The Morgan fingerprint density at radius 3 is 2.85 bits per heavy atom. The first-order valence-corrected chi connectivity index (χ1v) is 12.5. The normalized spacial score (nSPS) is 29.4. The van der Waals surface area contributed by atoms with Gasteiger partial charge in [-0.25, -0.2) is 0 Å². The van der Waals surface area contributed by atoms with Crippen molar-refractivity contribution in [1.82, 2.24) is 20.1 Å². The van der Waals surface area contributed by atoms with Crippen LogP contribution in [-0.4, -0.2) is 72.5 Å². The lowest BCUT2D eigenvalue weighted by molar-refractivity contribution is -0.124. The highest BCUT2D eigenvalue weighted by Crippen LogP contribution is 2.42. The Bertz CT molecular complexity index is 952. The molecule has 4 aliphatic rings. The first kappa shape index (κ1) is 22.8. The Kier molecular flexibility index (Phi) is 6.97. The average molecular weight is 457 g/mol. The summed E-state index contributed by atoms with van der Waals surface area (Å²) in [4.78, 5) is 28.5. The summed E-state index contributed by atoms with van der Waals surface area (Å²) in [5.74, 6) is -0.211. The molecule has 0 bridgehead atoms. The van der Waals surface area contributed by atoms with E-state index in [0.29, 0.717) is 13.1 Å². The van der Waals surface area contributed by atoms with Crippen LogP contribution in [-0.2, 0) is 16.1 Å². The van der Waals surface area contributed by atoms with Crippen LogP contribution < -0.4 is 16.2 Å². The van der Waals surface area contributed by atoms with Gasteiger partial charge in [-0.05, 0) is 56.4 Å². The number of ether oxygens (including phenoxy) is 1. The van der Waals surface area contributed by atoms with Gasteiger partial charge in [0.25, 0.3) is 5.56 Å². The van der Waals surface area contributed by atoms with Gasteiger partial charge >= 0.3 is 0 Å². The first-order chi connectivity index (χ1) is 16.2. The Balaban J connectivity index is 1.22. The zero-order valence-corrected chi connectivity index (χ0v) is 19.3. The second-order valence-corrected chi connectivity index (χ2v) is 9.79. The number of aromatic nitrogens is 1. The third-order valence-corrected chi connectivity index (χ3v) is 7.87. The van der Waals surface area contributed by atoms with E-state index in [1.807, 2.05) is 16.7 Å². The average Bonchev–Trinajstić information content (AvgIpc) is 3.40. The number of nitrogens with zero attached hydrogens (tertiary/aromatic N) is 2. The number of pyridine rings is 1. The molecule has 5 rings (SSSR count). The lowest BCUT2D eigenvalue weighted by atomic mass is 9.88. The summed E-state index contributed by atoms with van der Waals surface area (Å²) >= 11 is 0. The number of fused-ring (bicyclic) bond motifs is 3. The monoisotopic (exact) mass is 456 g/mol. The van der Waals surface area contributed by atoms with Gasteiger partial charge in [0.15, 0.2) is 0 Å². The molecule has 2 saturated heterocycles. The van der Waals surface area contributed by atoms with Gasteiger partial charge < -0.3 is 19.7 Å². The summed E-state index contributed by atoms with van der Waals surface area (Å²) in [5, 5.41) is 16.7. The van der Waals surface area contributed by atoms with Crippen molar-refractivity contribution in [2.24, 2.45) is 11.8 Å². The van der Waals surface area contributed by atoms with E-state index in [4.69, 9.17) is 4.74 Å². The summed E-state index contributed by atoms with van der Waals surface area (Å²) < 4.78 is 7.24. The van der Waals surface area contributed by atoms with E-state index in [1.165, 1.54) is 12.0 Å². The Labute approximate surface area is 195 Å². The van der Waals surface area contributed by atoms with Crippen molar-refractivity contribution >= 4 is 11.5 Å². The minimum Gasteiger partial charge on any atom is -0.396 e. The van der Waals surface area contributed by atoms with Gasteiger partial charge in [-0.15, -0.1) is 0 Å². The summed E-state index contributed by atoms with van der Waals surface area (Å²) in [6.07, 6.45) is 7.43. The van der Waals surface area contributed by atoms with Crippen LogP contribution in [0.2, 0.25) is 0 Å². The van der Waals surface area contributed by atoms with E-state index in [-0.39, 0.29) is 36.0 Å². The van der Waals surface area contributed by atoms with Crippen molar-refractivity contribution in [2.75, 3.05) is 46.0 Å². The number of morpholine rings is 1. The SMILES string of the molecule is O=C(NCCCN1CCOCC1)[C@@H]1N[C@@H]2c3ccc(C4=CCCCC4)c(=O)n3C[C@@H]2[C@H]1CO. The highest BCUT2D eigenvalue weighted by molar-refractivity contribution is 5.82. The lowest BCUT2D eigenvalue weighted by Crippen LogP contribution is -2.47. The second-order valence-electron chi connectivity index (χ2n) is 9.79. The van der Waals surface area contributed by atoms with Crippen LogP contribution >= 0.6 is 0 Å². The van der Waals surface area contributed by atoms with Crippen LogP contribution in [0.15, 0.2) is 23.0 Å². The van der Waals surface area contributed by atoms with E-state index in [2.05, 4.69) is 21.6 Å². The van der Waals surface area contributed by atoms with Gasteiger partial charge in [0.2, 0.25) is 5.91 Å². The van der Waals surface area contributed by atoms with E-state index in [0.717, 1.165) is 69.8 Å². The van der Waals surface area contributed by atoms with Crippen LogP contribution in [0.4, 0.5) is 0 Å². The van der Waals surface area contributed by atoms with E-state index >= 15 is 0 Å². The van der Waals surface area contributed by atoms with Crippen LogP contribution in [0.5, 0.6) is 0 Å². The molecule has 1 amide bonds. The molecule has 180 valence electrons. The summed E-state index contributed by atoms with van der Waals surface area (Å²) in [6.45, 7) is 5.52. The molecule has 1 aliphatic carbocycles. The van der Waals surface area contributed by atoms with Gasteiger partial charge in [0.1, 0.15) is 0 Å². The lowest BCUT2D eigenvalue weighted by Gasteiger charge is -2.26. The van der Waals surface area contributed by atoms with Crippen LogP contribution in [0.25, 0.3) is 5.57 Å². The minimum absolute atomic E-state index is 0.0439. The van der Waals surface area contributed by atoms with Crippen molar-refractivity contribution in [2.45, 2.75) is 50.7 Å². The van der Waals surface area contributed by atoms with Crippen molar-refractivity contribution in [3.8, 4) is 0 Å². The largest absolute Gasteiger partial charge is 0.396 e. The quantitative estimate of drug-likeness (QED) is 0.528. The third kappa shape index (κ3) is 4.54. The van der Waals surface area contributed by atoms with Gasteiger partial charge in [-0.1, -0.05) is 6.08 Å². The summed E-state index contributed by atoms with van der Waals surface area (Å²) in [7, 11) is 0. The van der Waals surface area contributed by atoms with Crippen LogP contribution in [0.3, 0.4) is 0 Å². The van der Waals surface area contributed by atoms with Crippen molar-refractivity contribution in [3.63, 3.8) is 0 Å². The molecule has 0 aromatic carbocycles. The first-order valence-electron chi connectivity index (χ1n) is 12.5. The molecule has 33 heavy (non-hydrogen) atoms. The Morgan fingerprint density at radius 1 is 1.24 bits per heavy atom. The van der Waals surface area contributed by atoms with E-state index in [1.54, 1.807) is 0 Å². The van der Waals surface area contributed by atoms with Crippen molar-refractivity contribution in [1.29, 1.82) is 0 Å². The van der Waals surface area contributed by atoms with E-state index in [9.17, 15) is 14.7 Å². The third-order valence-electron chi connectivity index (χ3n) is 7.87. The topological polar surface area (TPSA) is 95.8 Å². The molecule has 8 nitrogen and oxygen atoms in total. The fourth-order valence-electron chi connectivity index (χ4n) is 6.03. The highest BCUT2D eigenvalue weighted by atomic mass is 16.5. The predicted octanol–water partition coefficient (Wildman–Crippen LogP) is 0.895. The number of rotatable bonds is 7. The molecule has 0 saturated carbocycles. The van der Waals surface area contributed by atoms with Crippen molar-refractivity contribution in [3.05, 3.63) is 39.8 Å². The standard InChI is InChI=1S/C25H36N4O4/c30-16-20-19-15-29-21(8-7-18(25(29)32)17-5-2-1-3-6-17)22(19)27-23(20)24(31)26-9-4-10-28-11-13-33-14-12-28/h5,7-8,19-20,22-23,27,30H,1-4,6,9-16H2,(H,26,31)/t19-,20-,22+,23-/m1/s1. The number of aliphatic hydroxyl groups excluding tert-OH is 1. The van der Waals surface area contributed by atoms with Gasteiger partial charge in [-0.2, -0.15) is 0 Å². The molecular weight excluding hydrogens is 420 g/mol. The Morgan fingerprint density at radius 2 is 2.09 bits per heavy atom. The number of allylic oxidation sites excluding steroid dienone is 2. The Hall–Kier alpha value is -2.00. The maximum absolute atomic E-state index is 13.2. The van der Waals surface area contributed by atoms with Gasteiger partial charge in [-0.3, -0.25) is 19.8 Å². The van der Waals surface area contributed by atoms with E-state index < -0.39 is 6.04 Å². The zero-order valence-electron chi connectivity index (χ0n) is 19.3. The number of carbonyl (C=O) groups excluding carboxylic acids is 1. The molecule has 0 spiro atoms. The number of amides is 1. The molecule has 1 aromatic rings. The van der Waals surface area contributed by atoms with Gasteiger partial charge in [0, 0.05) is 55.9 Å². The maximum Gasteiger partial charge on any atom is 0.258 e. The minimum atomic E-state index is -0.432. The maximum atomic E-state index is 13.2. The molecule has 2 fully saturated rings. The summed E-state index contributed by atoms with van der Waals surface area (Å²) in [6, 6.07) is 3.50. The molecule has 0 radical (unpaired) electrons. The number of hydrogen-bond donors (Lipinski definition) is 3. The van der Waals surface area contributed by atoms with Crippen molar-refractivity contribution < 1.29 is 14.6 Å². The molecule has 0 unspecified atom stereocenters. The summed E-state index contributed by atoms with van der Waals surface area (Å²) in [5.41, 5.74) is 2.98. The predicted molar refractivity (Wildman–Crippen MR) is 126 cm³/mol. The number of aliphatic hydroxyl groups is 1. The number of carbonyl (C=O) groups is 1. The molecule has 4 heterocycles. The fourth-order valence-corrected chi connectivity index (χ4v) is 6.03. The molecule has 1 aromatic heterocycles. The molecule has 4 atom stereocenters.